The van der Waals surface area contributed by atoms with Gasteiger partial charge in [-0.1, -0.05) is 23.4 Å². The van der Waals surface area contributed by atoms with Crippen LogP contribution in [0.4, 0.5) is 5.82 Å². The first kappa shape index (κ1) is 18.2. The number of aryl methyl sites for hydroxylation is 1. The van der Waals surface area contributed by atoms with Crippen molar-refractivity contribution in [3.8, 4) is 5.75 Å². The van der Waals surface area contributed by atoms with E-state index in [1.807, 2.05) is 24.3 Å². The smallest absolute Gasteiger partial charge is 0.256 e. The van der Waals surface area contributed by atoms with E-state index in [9.17, 15) is 9.59 Å². The molecule has 2 amide bonds. The molecule has 1 aromatic heterocycles. The van der Waals surface area contributed by atoms with Crippen molar-refractivity contribution >= 4 is 17.6 Å². The number of nitrogens with zero attached hydrogens (tertiary/aromatic N) is 1. The van der Waals surface area contributed by atoms with Gasteiger partial charge in [0.2, 0.25) is 0 Å². The highest BCUT2D eigenvalue weighted by Crippen LogP contribution is 2.17. The molecule has 2 N–H and O–H groups in total. The zero-order chi connectivity index (χ0) is 19.2. The number of rotatable bonds is 6. The summed E-state index contributed by atoms with van der Waals surface area (Å²) in [5.74, 6) is 1.10. The Hall–Kier alpha value is -3.61. The van der Waals surface area contributed by atoms with Gasteiger partial charge in [0.1, 0.15) is 11.5 Å². The third-order valence-corrected chi connectivity index (χ3v) is 3.91. The molecule has 0 atom stereocenters. The number of nitrogens with one attached hydrogen (secondary N) is 2. The van der Waals surface area contributed by atoms with Crippen LogP contribution in [0.1, 0.15) is 32.0 Å². The summed E-state index contributed by atoms with van der Waals surface area (Å²) in [4.78, 5) is 24.5. The molecule has 7 nitrogen and oxygen atoms in total. The average molecular weight is 365 g/mol. The number of hydrogen-bond donors (Lipinski definition) is 2. The maximum Gasteiger partial charge on any atom is 0.256 e. The third-order valence-electron chi connectivity index (χ3n) is 3.91. The number of carbonyl (C=O) groups is 2. The lowest BCUT2D eigenvalue weighted by atomic mass is 10.1. The van der Waals surface area contributed by atoms with Crippen LogP contribution in [-0.2, 0) is 6.54 Å². The summed E-state index contributed by atoms with van der Waals surface area (Å²) < 4.78 is 10.2. The highest BCUT2D eigenvalue weighted by atomic mass is 16.5. The van der Waals surface area contributed by atoms with Crippen molar-refractivity contribution in [1.29, 1.82) is 0 Å². The number of carbonyl (C=O) groups excluding carboxylic acids is 2. The molecule has 138 valence electrons. The van der Waals surface area contributed by atoms with E-state index in [1.54, 1.807) is 44.4 Å². The zero-order valence-electron chi connectivity index (χ0n) is 15.0. The Balaban J connectivity index is 1.60. The van der Waals surface area contributed by atoms with Gasteiger partial charge in [0, 0.05) is 29.3 Å². The molecule has 0 unspecified atom stereocenters. The molecule has 2 aromatic carbocycles. The number of hydrogen-bond acceptors (Lipinski definition) is 5. The number of aromatic nitrogens is 1. The second-order valence-electron chi connectivity index (χ2n) is 5.85. The van der Waals surface area contributed by atoms with E-state index < -0.39 is 0 Å². The van der Waals surface area contributed by atoms with E-state index in [2.05, 4.69) is 15.8 Å². The average Bonchev–Trinajstić information content (AvgIpc) is 3.11. The molecule has 0 aliphatic heterocycles. The zero-order valence-corrected chi connectivity index (χ0v) is 15.0. The minimum absolute atomic E-state index is 0.236. The predicted octanol–water partition coefficient (Wildman–Crippen LogP) is 3.17. The van der Waals surface area contributed by atoms with Crippen molar-refractivity contribution in [1.82, 2.24) is 10.5 Å². The largest absolute Gasteiger partial charge is 0.496 e. The topological polar surface area (TPSA) is 93.5 Å². The van der Waals surface area contributed by atoms with Crippen molar-refractivity contribution < 1.29 is 18.8 Å². The second-order valence-corrected chi connectivity index (χ2v) is 5.85. The van der Waals surface area contributed by atoms with Crippen LogP contribution in [-0.4, -0.2) is 24.1 Å². The molecular formula is C20H19N3O4. The van der Waals surface area contributed by atoms with Crippen LogP contribution < -0.4 is 15.4 Å². The fraction of sp³-hybridized carbons (Fsp3) is 0.150. The highest BCUT2D eigenvalue weighted by Gasteiger charge is 2.11. The van der Waals surface area contributed by atoms with Gasteiger partial charge < -0.3 is 19.9 Å². The first-order chi connectivity index (χ1) is 13.1. The Labute approximate surface area is 156 Å². The van der Waals surface area contributed by atoms with E-state index >= 15 is 0 Å². The summed E-state index contributed by atoms with van der Waals surface area (Å²) in [5.41, 5.74) is 1.75. The van der Waals surface area contributed by atoms with Gasteiger partial charge in [-0.2, -0.15) is 0 Å². The monoisotopic (exact) mass is 365 g/mol. The molecule has 7 heteroatoms. The molecule has 1 heterocycles. The van der Waals surface area contributed by atoms with Gasteiger partial charge in [0.15, 0.2) is 5.82 Å². The van der Waals surface area contributed by atoms with Crippen LogP contribution in [0, 0.1) is 6.92 Å². The maximum atomic E-state index is 12.3. The van der Waals surface area contributed by atoms with Crippen LogP contribution in [0.25, 0.3) is 0 Å². The molecule has 0 saturated heterocycles. The molecule has 0 radical (unpaired) electrons. The first-order valence-corrected chi connectivity index (χ1v) is 8.31. The minimum atomic E-state index is -0.329. The standard InChI is InChI=1S/C20H19N3O4/c1-13-11-18(23-27-13)22-20(25)15-9-7-14(8-10-15)19(24)21-12-16-5-3-4-6-17(16)26-2/h3-11H,12H2,1-2H3,(H,21,24)(H,22,23,25). The number of benzene rings is 2. The molecule has 0 aliphatic carbocycles. The lowest BCUT2D eigenvalue weighted by Gasteiger charge is -2.10. The number of ether oxygens (including phenoxy) is 1. The molecule has 3 aromatic rings. The van der Waals surface area contributed by atoms with Crippen LogP contribution in [0.5, 0.6) is 5.75 Å². The van der Waals surface area contributed by atoms with Crippen LogP contribution >= 0.6 is 0 Å². The Bertz CT molecular complexity index is 948. The molecule has 27 heavy (non-hydrogen) atoms. The lowest BCUT2D eigenvalue weighted by Crippen LogP contribution is -2.23. The molecular weight excluding hydrogens is 346 g/mol. The fourth-order valence-electron chi connectivity index (χ4n) is 2.51. The molecule has 0 saturated carbocycles. The van der Waals surface area contributed by atoms with Crippen LogP contribution in [0.15, 0.2) is 59.1 Å². The summed E-state index contributed by atoms with van der Waals surface area (Å²) >= 11 is 0. The summed E-state index contributed by atoms with van der Waals surface area (Å²) in [6.45, 7) is 2.08. The van der Waals surface area contributed by atoms with E-state index in [-0.39, 0.29) is 11.8 Å². The van der Waals surface area contributed by atoms with Gasteiger partial charge in [0.05, 0.1) is 7.11 Å². The first-order valence-electron chi connectivity index (χ1n) is 8.31. The molecule has 0 aliphatic rings. The summed E-state index contributed by atoms with van der Waals surface area (Å²) in [7, 11) is 1.59. The Morgan fingerprint density at radius 1 is 1.04 bits per heavy atom. The van der Waals surface area contributed by atoms with E-state index in [0.717, 1.165) is 5.56 Å². The van der Waals surface area contributed by atoms with Crippen LogP contribution in [0.2, 0.25) is 0 Å². The van der Waals surface area contributed by atoms with Gasteiger partial charge in [-0.3, -0.25) is 9.59 Å². The van der Waals surface area contributed by atoms with E-state index in [1.165, 1.54) is 0 Å². The maximum absolute atomic E-state index is 12.3. The molecule has 0 fully saturated rings. The Morgan fingerprint density at radius 2 is 1.70 bits per heavy atom. The number of methoxy groups -OCH3 is 1. The van der Waals surface area contributed by atoms with E-state index in [4.69, 9.17) is 9.26 Å². The molecule has 0 bridgehead atoms. The lowest BCUT2D eigenvalue weighted by molar-refractivity contribution is 0.0949. The van der Waals surface area contributed by atoms with Crippen molar-refractivity contribution in [3.63, 3.8) is 0 Å². The van der Waals surface area contributed by atoms with Gasteiger partial charge >= 0.3 is 0 Å². The third kappa shape index (κ3) is 4.52. The van der Waals surface area contributed by atoms with Gasteiger partial charge in [0.25, 0.3) is 11.8 Å². The Morgan fingerprint density at radius 3 is 2.33 bits per heavy atom. The SMILES string of the molecule is COc1ccccc1CNC(=O)c1ccc(C(=O)Nc2cc(C)on2)cc1. The minimum Gasteiger partial charge on any atom is -0.496 e. The van der Waals surface area contributed by atoms with Crippen LogP contribution in [0.3, 0.4) is 0 Å². The van der Waals surface area contributed by atoms with Gasteiger partial charge in [-0.25, -0.2) is 0 Å². The number of anilines is 1. The normalized spacial score (nSPS) is 10.3. The Kier molecular flexibility index (Phi) is 5.51. The second kappa shape index (κ2) is 8.18. The highest BCUT2D eigenvalue weighted by molar-refractivity contribution is 6.04. The molecule has 0 spiro atoms. The summed E-state index contributed by atoms with van der Waals surface area (Å²) in [6.07, 6.45) is 0. The quantitative estimate of drug-likeness (QED) is 0.700. The van der Waals surface area contributed by atoms with Crippen molar-refractivity contribution in [2.24, 2.45) is 0 Å². The van der Waals surface area contributed by atoms with Crippen molar-refractivity contribution in [2.45, 2.75) is 13.5 Å². The van der Waals surface area contributed by atoms with E-state index in [0.29, 0.717) is 35.0 Å². The molecule has 3 rings (SSSR count). The predicted molar refractivity (Wildman–Crippen MR) is 99.8 cm³/mol. The summed E-state index contributed by atoms with van der Waals surface area (Å²) in [5, 5.41) is 9.18. The number of para-hydroxylation sites is 1. The fourth-order valence-corrected chi connectivity index (χ4v) is 2.51. The van der Waals surface area contributed by atoms with Gasteiger partial charge in [-0.05, 0) is 37.3 Å². The van der Waals surface area contributed by atoms with Gasteiger partial charge in [-0.15, -0.1) is 0 Å². The summed E-state index contributed by atoms with van der Waals surface area (Å²) in [6, 6.07) is 15.5. The van der Waals surface area contributed by atoms with Crippen molar-refractivity contribution in [2.75, 3.05) is 12.4 Å². The van der Waals surface area contributed by atoms with Crippen molar-refractivity contribution in [3.05, 3.63) is 77.0 Å². The number of amides is 2.